The zero-order valence-electron chi connectivity index (χ0n) is 10.9. The first-order valence-electron chi connectivity index (χ1n) is 6.13. The normalized spacial score (nSPS) is 23.3. The molecule has 102 valence electrons. The monoisotopic (exact) mass is 265 g/mol. The van der Waals surface area contributed by atoms with Gasteiger partial charge >= 0.3 is 5.97 Å². The third kappa shape index (κ3) is 2.59. The number of carbonyl (C=O) groups excluding carboxylic acids is 2. The van der Waals surface area contributed by atoms with Crippen LogP contribution in [0.4, 0.5) is 4.39 Å². The predicted molar refractivity (Wildman–Crippen MR) is 66.9 cm³/mol. The lowest BCUT2D eigenvalue weighted by Crippen LogP contribution is -2.46. The Morgan fingerprint density at radius 2 is 2.00 bits per heavy atom. The lowest BCUT2D eigenvalue weighted by molar-refractivity contribution is -0.156. The summed E-state index contributed by atoms with van der Waals surface area (Å²) in [7, 11) is 2.94. The van der Waals surface area contributed by atoms with Gasteiger partial charge < -0.3 is 9.64 Å². The van der Waals surface area contributed by atoms with E-state index in [-0.39, 0.29) is 17.6 Å². The zero-order chi connectivity index (χ0) is 14.0. The van der Waals surface area contributed by atoms with E-state index >= 15 is 0 Å². The first kappa shape index (κ1) is 13.5. The maximum absolute atomic E-state index is 12.9. The van der Waals surface area contributed by atoms with Crippen molar-refractivity contribution in [2.45, 2.75) is 12.3 Å². The molecule has 0 bridgehead atoms. The summed E-state index contributed by atoms with van der Waals surface area (Å²) in [6, 6.07) is 5.92. The fourth-order valence-electron chi connectivity index (χ4n) is 2.48. The van der Waals surface area contributed by atoms with Crippen molar-refractivity contribution in [2.24, 2.45) is 5.92 Å². The second-order valence-electron chi connectivity index (χ2n) is 4.71. The average Bonchev–Trinajstić information content (AvgIpc) is 2.42. The second-order valence-corrected chi connectivity index (χ2v) is 4.71. The molecule has 1 aromatic carbocycles. The Labute approximate surface area is 111 Å². The summed E-state index contributed by atoms with van der Waals surface area (Å²) in [4.78, 5) is 25.5. The minimum Gasteiger partial charge on any atom is -0.468 e. The number of carbonyl (C=O) groups is 2. The largest absolute Gasteiger partial charge is 0.468 e. The molecule has 1 amide bonds. The van der Waals surface area contributed by atoms with E-state index in [4.69, 9.17) is 4.74 Å². The van der Waals surface area contributed by atoms with Gasteiger partial charge in [-0.1, -0.05) is 12.1 Å². The maximum Gasteiger partial charge on any atom is 0.318 e. The Bertz CT molecular complexity index is 486. The summed E-state index contributed by atoms with van der Waals surface area (Å²) >= 11 is 0. The van der Waals surface area contributed by atoms with E-state index in [0.29, 0.717) is 13.0 Å². The summed E-state index contributed by atoms with van der Waals surface area (Å²) in [5, 5.41) is 0. The summed E-state index contributed by atoms with van der Waals surface area (Å²) in [6.07, 6.45) is 0.660. The highest BCUT2D eigenvalue weighted by Gasteiger charge is 2.41. The van der Waals surface area contributed by atoms with Crippen molar-refractivity contribution in [3.8, 4) is 0 Å². The van der Waals surface area contributed by atoms with E-state index < -0.39 is 11.9 Å². The van der Waals surface area contributed by atoms with E-state index in [2.05, 4.69) is 0 Å². The standard InChI is InChI=1S/C14H16FNO3/c1-16-8-7-11(9-3-5-10(15)6-4-9)12(13(16)17)14(18)19-2/h3-6,11-12H,7-8H2,1-2H3/t11-,12-/m0/s1. The second kappa shape index (κ2) is 5.38. The summed E-state index contributed by atoms with van der Waals surface area (Å²) in [6.45, 7) is 0.578. The molecule has 0 N–H and O–H groups in total. The highest BCUT2D eigenvalue weighted by Crippen LogP contribution is 2.34. The molecule has 0 radical (unpaired) electrons. The minimum absolute atomic E-state index is 0.243. The van der Waals surface area contributed by atoms with Gasteiger partial charge in [0.15, 0.2) is 0 Å². The molecule has 1 aromatic rings. The van der Waals surface area contributed by atoms with Crippen LogP contribution in [0.5, 0.6) is 0 Å². The number of nitrogens with zero attached hydrogens (tertiary/aromatic N) is 1. The van der Waals surface area contributed by atoms with Crippen LogP contribution in [0.3, 0.4) is 0 Å². The molecule has 5 heteroatoms. The van der Waals surface area contributed by atoms with Gasteiger partial charge in [0, 0.05) is 19.5 Å². The van der Waals surface area contributed by atoms with Crippen molar-refractivity contribution in [1.82, 2.24) is 4.90 Å². The summed E-state index contributed by atoms with van der Waals surface area (Å²) in [5.41, 5.74) is 0.790. The Morgan fingerprint density at radius 3 is 2.58 bits per heavy atom. The highest BCUT2D eigenvalue weighted by molar-refractivity contribution is 5.99. The van der Waals surface area contributed by atoms with Crippen LogP contribution in [-0.4, -0.2) is 37.5 Å². The SMILES string of the molecule is COC(=O)[C@@H]1C(=O)N(C)CC[C@H]1c1ccc(F)cc1. The van der Waals surface area contributed by atoms with E-state index in [9.17, 15) is 14.0 Å². The van der Waals surface area contributed by atoms with Gasteiger partial charge in [-0.3, -0.25) is 9.59 Å². The topological polar surface area (TPSA) is 46.6 Å². The van der Waals surface area contributed by atoms with Crippen molar-refractivity contribution in [2.75, 3.05) is 20.7 Å². The molecule has 0 aromatic heterocycles. The first-order chi connectivity index (χ1) is 9.04. The fraction of sp³-hybridized carbons (Fsp3) is 0.429. The molecular weight excluding hydrogens is 249 g/mol. The molecule has 1 saturated heterocycles. The van der Waals surface area contributed by atoms with Crippen LogP contribution in [0.25, 0.3) is 0 Å². The average molecular weight is 265 g/mol. The number of esters is 1. The molecule has 0 aliphatic carbocycles. The molecular formula is C14H16FNO3. The van der Waals surface area contributed by atoms with Crippen LogP contribution in [0.15, 0.2) is 24.3 Å². The van der Waals surface area contributed by atoms with Crippen LogP contribution in [0.1, 0.15) is 17.9 Å². The van der Waals surface area contributed by atoms with Gasteiger partial charge in [-0.2, -0.15) is 0 Å². The first-order valence-corrected chi connectivity index (χ1v) is 6.13. The van der Waals surface area contributed by atoms with Gasteiger partial charge in [-0.25, -0.2) is 4.39 Å². The van der Waals surface area contributed by atoms with Crippen molar-refractivity contribution >= 4 is 11.9 Å². The number of methoxy groups -OCH3 is 1. The Kier molecular flexibility index (Phi) is 3.83. The molecule has 4 nitrogen and oxygen atoms in total. The van der Waals surface area contributed by atoms with Gasteiger partial charge in [0.25, 0.3) is 0 Å². The number of benzene rings is 1. The zero-order valence-corrected chi connectivity index (χ0v) is 10.9. The molecule has 1 fully saturated rings. The van der Waals surface area contributed by atoms with Crippen molar-refractivity contribution in [1.29, 1.82) is 0 Å². The van der Waals surface area contributed by atoms with Crippen LogP contribution < -0.4 is 0 Å². The maximum atomic E-state index is 12.9. The van der Waals surface area contributed by atoms with E-state index in [1.165, 1.54) is 24.1 Å². The molecule has 0 spiro atoms. The number of hydrogen-bond acceptors (Lipinski definition) is 3. The molecule has 1 aliphatic rings. The third-order valence-corrected chi connectivity index (χ3v) is 3.57. The number of piperidine rings is 1. The number of rotatable bonds is 2. The van der Waals surface area contributed by atoms with E-state index in [0.717, 1.165) is 5.56 Å². The van der Waals surface area contributed by atoms with Gasteiger partial charge in [0.05, 0.1) is 7.11 Å². The Hall–Kier alpha value is -1.91. The lowest BCUT2D eigenvalue weighted by Gasteiger charge is -2.34. The number of likely N-dealkylation sites (tertiary alicyclic amines) is 1. The van der Waals surface area contributed by atoms with E-state index in [1.54, 1.807) is 19.2 Å². The van der Waals surface area contributed by atoms with Gasteiger partial charge in [0.1, 0.15) is 11.7 Å². The molecule has 0 unspecified atom stereocenters. The molecule has 2 atom stereocenters. The molecule has 1 aliphatic heterocycles. The van der Waals surface area contributed by atoms with Gasteiger partial charge in [-0.05, 0) is 24.1 Å². The molecule has 0 saturated carbocycles. The van der Waals surface area contributed by atoms with Crippen LogP contribution in [0.2, 0.25) is 0 Å². The Morgan fingerprint density at radius 1 is 1.37 bits per heavy atom. The number of hydrogen-bond donors (Lipinski definition) is 0. The third-order valence-electron chi connectivity index (χ3n) is 3.57. The fourth-order valence-corrected chi connectivity index (χ4v) is 2.48. The van der Waals surface area contributed by atoms with Crippen LogP contribution >= 0.6 is 0 Å². The molecule has 19 heavy (non-hydrogen) atoms. The minimum atomic E-state index is -0.839. The number of halogens is 1. The predicted octanol–water partition coefficient (Wildman–Crippen LogP) is 1.56. The summed E-state index contributed by atoms with van der Waals surface area (Å²) < 4.78 is 17.7. The lowest BCUT2D eigenvalue weighted by atomic mass is 9.80. The van der Waals surface area contributed by atoms with Gasteiger partial charge in [-0.15, -0.1) is 0 Å². The van der Waals surface area contributed by atoms with Crippen molar-refractivity contribution < 1.29 is 18.7 Å². The number of ether oxygens (including phenoxy) is 1. The van der Waals surface area contributed by atoms with Crippen molar-refractivity contribution in [3.05, 3.63) is 35.6 Å². The highest BCUT2D eigenvalue weighted by atomic mass is 19.1. The van der Waals surface area contributed by atoms with Crippen molar-refractivity contribution in [3.63, 3.8) is 0 Å². The van der Waals surface area contributed by atoms with Crippen LogP contribution in [-0.2, 0) is 14.3 Å². The van der Waals surface area contributed by atoms with Gasteiger partial charge in [0.2, 0.25) is 5.91 Å². The number of amides is 1. The quantitative estimate of drug-likeness (QED) is 0.602. The Balaban J connectivity index is 2.33. The van der Waals surface area contributed by atoms with Crippen LogP contribution in [0, 0.1) is 11.7 Å². The smallest absolute Gasteiger partial charge is 0.318 e. The molecule has 2 rings (SSSR count). The molecule has 1 heterocycles. The summed E-state index contributed by atoms with van der Waals surface area (Å²) in [5.74, 6) is -2.21. The van der Waals surface area contributed by atoms with E-state index in [1.807, 2.05) is 0 Å².